The van der Waals surface area contributed by atoms with Crippen LogP contribution in [0.5, 0.6) is 0 Å². The van der Waals surface area contributed by atoms with Gasteiger partial charge in [-0.3, -0.25) is 4.79 Å². The van der Waals surface area contributed by atoms with Gasteiger partial charge in [-0.2, -0.15) is 0 Å². The van der Waals surface area contributed by atoms with E-state index in [2.05, 4.69) is 13.8 Å². The maximum Gasteiger partial charge on any atom is 0.256 e. The first-order valence-corrected chi connectivity index (χ1v) is 7.70. The molecule has 1 heterocycles. The van der Waals surface area contributed by atoms with Gasteiger partial charge in [0.2, 0.25) is 0 Å². The van der Waals surface area contributed by atoms with Gasteiger partial charge in [0, 0.05) is 24.1 Å². The number of aliphatic hydroxyl groups is 1. The van der Waals surface area contributed by atoms with Crippen LogP contribution in [0.15, 0.2) is 54.6 Å². The Morgan fingerprint density at radius 1 is 1.05 bits per heavy atom. The highest BCUT2D eigenvalue weighted by molar-refractivity contribution is 5.99. The van der Waals surface area contributed by atoms with Crippen LogP contribution in [0.3, 0.4) is 0 Å². The minimum atomic E-state index is -1.26. The number of fused-ring (bicyclic) bond motifs is 1. The van der Waals surface area contributed by atoms with Gasteiger partial charge in [0.15, 0.2) is 5.72 Å². The summed E-state index contributed by atoms with van der Waals surface area (Å²) in [5.41, 5.74) is 1.08. The molecule has 114 valence electrons. The largest absolute Gasteiger partial charge is 0.366 e. The highest BCUT2D eigenvalue weighted by Gasteiger charge is 2.48. The molecular weight excluding hydrogens is 274 g/mol. The van der Waals surface area contributed by atoms with Gasteiger partial charge in [-0.15, -0.1) is 0 Å². The zero-order valence-electron chi connectivity index (χ0n) is 13.0. The van der Waals surface area contributed by atoms with Gasteiger partial charge in [-0.1, -0.05) is 62.4 Å². The topological polar surface area (TPSA) is 40.5 Å². The summed E-state index contributed by atoms with van der Waals surface area (Å²) in [6, 6.07) is 17.2. The molecule has 0 aromatic heterocycles. The molecule has 2 aromatic carbocycles. The van der Waals surface area contributed by atoms with Crippen LogP contribution in [0.1, 0.15) is 35.3 Å². The first-order valence-electron chi connectivity index (χ1n) is 7.70. The molecule has 1 amide bonds. The van der Waals surface area contributed by atoms with E-state index in [0.717, 1.165) is 5.56 Å². The zero-order valence-corrected chi connectivity index (χ0v) is 13.0. The molecule has 0 saturated carbocycles. The standard InChI is InChI=1S/C19H21NO2/c1-14(2)13-20-18(21)16-10-6-7-11-17(16)19(20,22)12-15-8-4-3-5-9-15/h3-11,14,22H,12-13H2,1-2H3/t19-/m0/s1. The lowest BCUT2D eigenvalue weighted by molar-refractivity contribution is -0.0876. The van der Waals surface area contributed by atoms with Crippen molar-refractivity contribution in [2.45, 2.75) is 26.0 Å². The lowest BCUT2D eigenvalue weighted by Gasteiger charge is -2.35. The first kappa shape index (κ1) is 14.8. The Bertz CT molecular complexity index is 681. The number of benzene rings is 2. The van der Waals surface area contributed by atoms with Crippen LogP contribution < -0.4 is 0 Å². The number of carbonyl (C=O) groups is 1. The van der Waals surface area contributed by atoms with Crippen LogP contribution in [0, 0.1) is 5.92 Å². The molecule has 1 aliphatic heterocycles. The monoisotopic (exact) mass is 295 g/mol. The van der Waals surface area contributed by atoms with E-state index in [9.17, 15) is 9.90 Å². The van der Waals surface area contributed by atoms with E-state index in [1.807, 2.05) is 48.5 Å². The van der Waals surface area contributed by atoms with Gasteiger partial charge >= 0.3 is 0 Å². The van der Waals surface area contributed by atoms with Gasteiger partial charge in [0.25, 0.3) is 5.91 Å². The van der Waals surface area contributed by atoms with Crippen LogP contribution in [0.25, 0.3) is 0 Å². The minimum absolute atomic E-state index is 0.0808. The fourth-order valence-corrected chi connectivity index (χ4v) is 3.15. The van der Waals surface area contributed by atoms with Crippen LogP contribution in [0.2, 0.25) is 0 Å². The predicted molar refractivity (Wildman–Crippen MR) is 86.4 cm³/mol. The highest BCUT2D eigenvalue weighted by atomic mass is 16.3. The van der Waals surface area contributed by atoms with Gasteiger partial charge < -0.3 is 10.0 Å². The molecule has 0 unspecified atom stereocenters. The van der Waals surface area contributed by atoms with Gasteiger partial charge in [0.1, 0.15) is 0 Å². The van der Waals surface area contributed by atoms with Crippen molar-refractivity contribution >= 4 is 5.91 Å². The minimum Gasteiger partial charge on any atom is -0.366 e. The smallest absolute Gasteiger partial charge is 0.256 e. The summed E-state index contributed by atoms with van der Waals surface area (Å²) in [4.78, 5) is 14.3. The van der Waals surface area contributed by atoms with Crippen molar-refractivity contribution in [1.82, 2.24) is 4.90 Å². The van der Waals surface area contributed by atoms with Crippen molar-refractivity contribution in [1.29, 1.82) is 0 Å². The number of rotatable bonds is 4. The summed E-state index contributed by atoms with van der Waals surface area (Å²) in [7, 11) is 0. The molecule has 3 nitrogen and oxygen atoms in total. The van der Waals surface area contributed by atoms with Crippen molar-refractivity contribution in [3.8, 4) is 0 Å². The van der Waals surface area contributed by atoms with E-state index in [0.29, 0.717) is 30.0 Å². The lowest BCUT2D eigenvalue weighted by atomic mass is 9.94. The van der Waals surface area contributed by atoms with E-state index in [1.54, 1.807) is 11.0 Å². The number of carbonyl (C=O) groups excluding carboxylic acids is 1. The van der Waals surface area contributed by atoms with Gasteiger partial charge in [-0.05, 0) is 17.5 Å². The molecular formula is C19H21NO2. The second-order valence-corrected chi connectivity index (χ2v) is 6.33. The molecule has 3 heteroatoms. The molecule has 3 rings (SSSR count). The fourth-order valence-electron chi connectivity index (χ4n) is 3.15. The second-order valence-electron chi connectivity index (χ2n) is 6.33. The third-order valence-electron chi connectivity index (χ3n) is 4.12. The Morgan fingerprint density at radius 2 is 1.68 bits per heavy atom. The van der Waals surface area contributed by atoms with Gasteiger partial charge in [-0.25, -0.2) is 0 Å². The fraction of sp³-hybridized carbons (Fsp3) is 0.316. The molecule has 0 radical (unpaired) electrons. The highest BCUT2D eigenvalue weighted by Crippen LogP contribution is 2.39. The predicted octanol–water partition coefficient (Wildman–Crippen LogP) is 3.19. The van der Waals surface area contributed by atoms with Crippen LogP contribution >= 0.6 is 0 Å². The van der Waals surface area contributed by atoms with Crippen molar-refractivity contribution < 1.29 is 9.90 Å². The lowest BCUT2D eigenvalue weighted by Crippen LogP contribution is -2.47. The number of hydrogen-bond acceptors (Lipinski definition) is 2. The second kappa shape index (κ2) is 5.58. The SMILES string of the molecule is CC(C)CN1C(=O)c2ccccc2[C@@]1(O)Cc1ccccc1. The molecule has 0 fully saturated rings. The molecule has 0 spiro atoms. The first-order chi connectivity index (χ1) is 10.5. The van der Waals surface area contributed by atoms with E-state index < -0.39 is 5.72 Å². The maximum atomic E-state index is 12.7. The summed E-state index contributed by atoms with van der Waals surface area (Å²) < 4.78 is 0. The van der Waals surface area contributed by atoms with Crippen LogP contribution in [0.4, 0.5) is 0 Å². The van der Waals surface area contributed by atoms with Gasteiger partial charge in [0.05, 0.1) is 0 Å². The molecule has 1 atom stereocenters. The summed E-state index contributed by atoms with van der Waals surface area (Å²) in [5.74, 6) is 0.211. The Morgan fingerprint density at radius 3 is 2.36 bits per heavy atom. The molecule has 0 saturated heterocycles. The average Bonchev–Trinajstić information content (AvgIpc) is 2.71. The third-order valence-corrected chi connectivity index (χ3v) is 4.12. The van der Waals surface area contributed by atoms with Crippen molar-refractivity contribution in [3.05, 3.63) is 71.3 Å². The Hall–Kier alpha value is -2.13. The average molecular weight is 295 g/mol. The molecule has 0 bridgehead atoms. The molecule has 2 aromatic rings. The number of nitrogens with zero attached hydrogens (tertiary/aromatic N) is 1. The maximum absolute atomic E-state index is 12.7. The normalized spacial score (nSPS) is 20.5. The quantitative estimate of drug-likeness (QED) is 0.941. The number of hydrogen-bond donors (Lipinski definition) is 1. The Labute approximate surface area is 131 Å². The zero-order chi connectivity index (χ0) is 15.7. The van der Waals surface area contributed by atoms with Crippen LogP contribution in [-0.2, 0) is 12.1 Å². The number of amides is 1. The van der Waals surface area contributed by atoms with Crippen LogP contribution in [-0.4, -0.2) is 22.5 Å². The third kappa shape index (κ3) is 2.42. The molecule has 22 heavy (non-hydrogen) atoms. The van der Waals surface area contributed by atoms with Crippen molar-refractivity contribution in [3.63, 3.8) is 0 Å². The molecule has 0 aliphatic carbocycles. The molecule has 1 aliphatic rings. The van der Waals surface area contributed by atoms with Crippen molar-refractivity contribution in [2.75, 3.05) is 6.54 Å². The summed E-state index contributed by atoms with van der Waals surface area (Å²) in [6.45, 7) is 4.65. The van der Waals surface area contributed by atoms with E-state index in [4.69, 9.17) is 0 Å². The Kier molecular flexibility index (Phi) is 3.75. The molecule has 1 N–H and O–H groups in total. The summed E-state index contributed by atoms with van der Waals surface area (Å²) >= 11 is 0. The summed E-state index contributed by atoms with van der Waals surface area (Å²) in [5, 5.41) is 11.4. The van der Waals surface area contributed by atoms with E-state index in [1.165, 1.54) is 0 Å². The van der Waals surface area contributed by atoms with Crippen molar-refractivity contribution in [2.24, 2.45) is 5.92 Å². The van der Waals surface area contributed by atoms with E-state index >= 15 is 0 Å². The Balaban J connectivity index is 2.05. The summed E-state index contributed by atoms with van der Waals surface area (Å²) in [6.07, 6.45) is 0.406. The van der Waals surface area contributed by atoms with E-state index in [-0.39, 0.29) is 5.91 Å².